The van der Waals surface area contributed by atoms with E-state index in [1.165, 1.54) is 11.1 Å². The van der Waals surface area contributed by atoms with Crippen molar-refractivity contribution >= 4 is 6.21 Å². The van der Waals surface area contributed by atoms with Gasteiger partial charge >= 0.3 is 0 Å². The molecule has 24 heavy (non-hydrogen) atoms. The Kier molecular flexibility index (Phi) is 3.00. The van der Waals surface area contributed by atoms with Gasteiger partial charge in [-0.3, -0.25) is 0 Å². The van der Waals surface area contributed by atoms with Gasteiger partial charge in [-0.2, -0.15) is 0 Å². The Hall–Kier alpha value is -1.39. The first-order valence-corrected chi connectivity index (χ1v) is 9.12. The van der Waals surface area contributed by atoms with E-state index in [0.717, 1.165) is 57.6 Å². The minimum Gasteiger partial charge on any atom is -0.497 e. The summed E-state index contributed by atoms with van der Waals surface area (Å²) in [6.07, 6.45) is 7.93. The molecule has 0 aromatic heterocycles. The Labute approximate surface area is 143 Å². The van der Waals surface area contributed by atoms with E-state index in [2.05, 4.69) is 36.0 Å². The van der Waals surface area contributed by atoms with Gasteiger partial charge in [0.1, 0.15) is 25.6 Å². The number of rotatable bonds is 1. The zero-order valence-corrected chi connectivity index (χ0v) is 14.6. The Bertz CT molecular complexity index is 722. The zero-order chi connectivity index (χ0) is 16.4. The van der Waals surface area contributed by atoms with E-state index in [0.29, 0.717) is 0 Å². The third-order valence-corrected chi connectivity index (χ3v) is 6.99. The van der Waals surface area contributed by atoms with Gasteiger partial charge in [-0.1, -0.05) is 6.07 Å². The number of ether oxygens (including phenoxy) is 3. The monoisotopic (exact) mass is 328 g/mol. The summed E-state index contributed by atoms with van der Waals surface area (Å²) in [6.45, 7) is 2.56. The van der Waals surface area contributed by atoms with Crippen LogP contribution in [0.2, 0.25) is 0 Å². The van der Waals surface area contributed by atoms with Crippen LogP contribution in [-0.2, 0) is 21.3 Å². The number of hydrogen-bond acceptors (Lipinski definition) is 3. The Morgan fingerprint density at radius 3 is 2.75 bits per heavy atom. The second kappa shape index (κ2) is 4.83. The molecule has 1 saturated heterocycles. The third kappa shape index (κ3) is 1.79. The molecule has 1 aromatic rings. The highest BCUT2D eigenvalue weighted by Gasteiger charge is 2.66. The van der Waals surface area contributed by atoms with E-state index in [1.807, 2.05) is 0 Å². The highest BCUT2D eigenvalue weighted by Crippen LogP contribution is 2.64. The van der Waals surface area contributed by atoms with E-state index in [9.17, 15) is 0 Å². The molecule has 128 valence electrons. The summed E-state index contributed by atoms with van der Waals surface area (Å²) in [5.41, 5.74) is 3.28. The van der Waals surface area contributed by atoms with Crippen LogP contribution in [0.5, 0.6) is 5.75 Å². The van der Waals surface area contributed by atoms with Gasteiger partial charge in [-0.25, -0.2) is 4.58 Å². The highest BCUT2D eigenvalue weighted by molar-refractivity contribution is 5.71. The lowest BCUT2D eigenvalue weighted by Crippen LogP contribution is -2.58. The fraction of sp³-hybridized carbons (Fsp3) is 0.650. The van der Waals surface area contributed by atoms with E-state index in [-0.39, 0.29) is 16.6 Å². The zero-order valence-electron chi connectivity index (χ0n) is 14.6. The van der Waals surface area contributed by atoms with Crippen molar-refractivity contribution in [2.45, 2.75) is 43.3 Å². The molecule has 2 aliphatic heterocycles. The van der Waals surface area contributed by atoms with Crippen LogP contribution >= 0.6 is 0 Å². The first-order valence-electron chi connectivity index (χ1n) is 9.12. The van der Waals surface area contributed by atoms with Gasteiger partial charge in [0.25, 0.3) is 0 Å². The van der Waals surface area contributed by atoms with Crippen LogP contribution in [0.4, 0.5) is 0 Å². The normalized spacial score (nSPS) is 36.0. The summed E-state index contributed by atoms with van der Waals surface area (Å²) in [4.78, 5) is 0. The molecule has 5 rings (SSSR count). The Balaban J connectivity index is 1.69. The molecule has 4 nitrogen and oxygen atoms in total. The van der Waals surface area contributed by atoms with Crippen molar-refractivity contribution in [2.75, 3.05) is 33.9 Å². The minimum absolute atomic E-state index is 0.117. The predicted molar refractivity (Wildman–Crippen MR) is 91.0 cm³/mol. The van der Waals surface area contributed by atoms with Crippen molar-refractivity contribution < 1.29 is 18.8 Å². The molecule has 2 aliphatic carbocycles. The van der Waals surface area contributed by atoms with Gasteiger partial charge in [0.15, 0.2) is 5.79 Å². The van der Waals surface area contributed by atoms with Gasteiger partial charge in [0.2, 0.25) is 0 Å². The lowest BCUT2D eigenvalue weighted by molar-refractivity contribution is -0.507. The molecule has 1 aromatic carbocycles. The molecule has 4 aliphatic rings. The molecule has 0 unspecified atom stereocenters. The second-order valence-electron chi connectivity index (χ2n) is 8.08. The topological polar surface area (TPSA) is 30.7 Å². The van der Waals surface area contributed by atoms with Crippen LogP contribution in [0.25, 0.3) is 0 Å². The van der Waals surface area contributed by atoms with Gasteiger partial charge in [-0.15, -0.1) is 0 Å². The van der Waals surface area contributed by atoms with Crippen molar-refractivity contribution in [3.05, 3.63) is 29.3 Å². The third-order valence-electron chi connectivity index (χ3n) is 6.99. The molecule has 2 atom stereocenters. The molecule has 0 radical (unpaired) electrons. The van der Waals surface area contributed by atoms with Crippen molar-refractivity contribution in [1.29, 1.82) is 0 Å². The molecule has 4 heteroatoms. The van der Waals surface area contributed by atoms with Gasteiger partial charge in [0.05, 0.1) is 25.7 Å². The van der Waals surface area contributed by atoms with Gasteiger partial charge < -0.3 is 14.2 Å². The van der Waals surface area contributed by atoms with Gasteiger partial charge in [-0.05, 0) is 36.1 Å². The van der Waals surface area contributed by atoms with Crippen LogP contribution in [-0.4, -0.2) is 50.5 Å². The van der Waals surface area contributed by atoms with E-state index >= 15 is 0 Å². The number of fused-ring (bicyclic) bond motifs is 1. The van der Waals surface area contributed by atoms with Crippen LogP contribution < -0.4 is 4.74 Å². The first-order chi connectivity index (χ1) is 11.6. The number of benzene rings is 1. The summed E-state index contributed by atoms with van der Waals surface area (Å²) in [7, 11) is 3.98. The number of methoxy groups -OCH3 is 1. The van der Waals surface area contributed by atoms with E-state index in [1.54, 1.807) is 7.11 Å². The molecule has 0 N–H and O–H groups in total. The maximum Gasteiger partial charge on any atom is 0.169 e. The lowest BCUT2D eigenvalue weighted by Gasteiger charge is -2.53. The maximum absolute atomic E-state index is 6.15. The summed E-state index contributed by atoms with van der Waals surface area (Å²) < 4.78 is 20.2. The summed E-state index contributed by atoms with van der Waals surface area (Å²) >= 11 is 0. The quantitative estimate of drug-likeness (QED) is 0.742. The Morgan fingerprint density at radius 2 is 1.96 bits per heavy atom. The van der Waals surface area contributed by atoms with E-state index in [4.69, 9.17) is 14.2 Å². The van der Waals surface area contributed by atoms with Crippen molar-refractivity contribution in [2.24, 2.45) is 5.41 Å². The van der Waals surface area contributed by atoms with Crippen molar-refractivity contribution in [1.82, 2.24) is 0 Å². The summed E-state index contributed by atoms with van der Waals surface area (Å²) in [5.74, 6) is 0.600. The average Bonchev–Trinajstić information content (AvgIpc) is 3.15. The highest BCUT2D eigenvalue weighted by atomic mass is 16.7. The average molecular weight is 328 g/mol. The van der Waals surface area contributed by atoms with Gasteiger partial charge in [0, 0.05) is 24.7 Å². The summed E-state index contributed by atoms with van der Waals surface area (Å²) in [5, 5.41) is 0. The van der Waals surface area contributed by atoms with Crippen molar-refractivity contribution in [3.8, 4) is 5.75 Å². The largest absolute Gasteiger partial charge is 0.497 e. The lowest BCUT2D eigenvalue weighted by atomic mass is 9.53. The predicted octanol–water partition coefficient (Wildman–Crippen LogP) is 2.52. The molecule has 1 spiro atoms. The van der Waals surface area contributed by atoms with Crippen LogP contribution in [0.15, 0.2) is 18.2 Å². The molecule has 0 amide bonds. The van der Waals surface area contributed by atoms with Crippen LogP contribution in [0.1, 0.15) is 36.8 Å². The first kappa shape index (κ1) is 14.9. The Morgan fingerprint density at radius 1 is 1.12 bits per heavy atom. The molecule has 2 fully saturated rings. The minimum atomic E-state index is -0.363. The van der Waals surface area contributed by atoms with Crippen molar-refractivity contribution in [3.63, 3.8) is 0 Å². The summed E-state index contributed by atoms with van der Waals surface area (Å²) in [6, 6.07) is 6.67. The molecular formula is C20H26NO3+. The standard InChI is InChI=1S/C20H26NO3/c1-21-8-7-19-13-20(23-9-10-24-20)6-5-18(19,14-21)12-15-3-4-16(22-2)11-17(15)19/h3-4,11,14H,5-10,12-13H2,1-2H3/q+1/t18-,19-/m1/s1. The van der Waals surface area contributed by atoms with Crippen LogP contribution in [0.3, 0.4) is 0 Å². The molecule has 1 saturated carbocycles. The van der Waals surface area contributed by atoms with Crippen LogP contribution in [0, 0.1) is 5.41 Å². The maximum atomic E-state index is 6.15. The fourth-order valence-corrected chi connectivity index (χ4v) is 5.92. The second-order valence-corrected chi connectivity index (χ2v) is 8.08. The number of hydrogen-bond donors (Lipinski definition) is 0. The molecule has 0 bridgehead atoms. The number of nitrogens with zero attached hydrogens (tertiary/aromatic N) is 1. The smallest absolute Gasteiger partial charge is 0.169 e. The molecule has 2 heterocycles. The molecular weight excluding hydrogens is 302 g/mol. The fourth-order valence-electron chi connectivity index (χ4n) is 5.92. The van der Waals surface area contributed by atoms with E-state index < -0.39 is 0 Å². The SMILES string of the molecule is COc1ccc2c(c1)[C@]13CC[N+](C)=C[C@@]1(CCC1(C3)OCCO1)C2.